The van der Waals surface area contributed by atoms with Crippen LogP contribution in [-0.4, -0.2) is 22.8 Å². The Labute approximate surface area is 127 Å². The molecule has 1 aromatic heterocycles. The van der Waals surface area contributed by atoms with Gasteiger partial charge in [-0.1, -0.05) is 30.1 Å². The van der Waals surface area contributed by atoms with E-state index in [1.807, 2.05) is 10.6 Å². The fourth-order valence-electron chi connectivity index (χ4n) is 1.94. The summed E-state index contributed by atoms with van der Waals surface area (Å²) >= 11 is 17.4. The van der Waals surface area contributed by atoms with Crippen molar-refractivity contribution >= 4 is 46.5 Å². The number of benzene rings is 1. The number of hydrogen-bond acceptors (Lipinski definition) is 2. The van der Waals surface area contributed by atoms with Crippen LogP contribution in [0.1, 0.15) is 19.8 Å². The van der Waals surface area contributed by atoms with E-state index in [0.29, 0.717) is 14.8 Å². The van der Waals surface area contributed by atoms with Crippen molar-refractivity contribution in [3.8, 4) is 0 Å². The third kappa shape index (κ3) is 3.51. The molecule has 0 spiro atoms. The maximum Gasteiger partial charge on any atom is 0.178 e. The van der Waals surface area contributed by atoms with Gasteiger partial charge in [0.15, 0.2) is 4.77 Å². The van der Waals surface area contributed by atoms with Gasteiger partial charge in [-0.15, -0.1) is 0 Å². The zero-order valence-corrected chi connectivity index (χ0v) is 13.0. The van der Waals surface area contributed by atoms with Gasteiger partial charge in [0.1, 0.15) is 0 Å². The number of fused-ring (bicyclic) bond motifs is 1. The van der Waals surface area contributed by atoms with Crippen LogP contribution >= 0.6 is 35.4 Å². The summed E-state index contributed by atoms with van der Waals surface area (Å²) in [5.74, 6) is 0. The maximum absolute atomic E-state index is 6.05. The lowest BCUT2D eigenvalue weighted by Gasteiger charge is -2.06. The molecule has 0 saturated heterocycles. The molecule has 0 unspecified atom stereocenters. The Bertz CT molecular complexity index is 621. The number of rotatable bonds is 6. The van der Waals surface area contributed by atoms with Gasteiger partial charge in [0, 0.05) is 19.8 Å². The molecule has 3 nitrogen and oxygen atoms in total. The Morgan fingerprint density at radius 1 is 1.26 bits per heavy atom. The van der Waals surface area contributed by atoms with E-state index in [4.69, 9.17) is 40.2 Å². The first-order valence-electron chi connectivity index (χ1n) is 6.28. The van der Waals surface area contributed by atoms with Crippen LogP contribution in [0.15, 0.2) is 12.1 Å². The monoisotopic (exact) mass is 318 g/mol. The van der Waals surface area contributed by atoms with Crippen LogP contribution in [0, 0.1) is 4.77 Å². The van der Waals surface area contributed by atoms with E-state index in [0.717, 1.165) is 43.6 Å². The highest BCUT2D eigenvalue weighted by Gasteiger charge is 2.07. The summed E-state index contributed by atoms with van der Waals surface area (Å²) < 4.78 is 8.19. The van der Waals surface area contributed by atoms with Crippen LogP contribution in [0.5, 0.6) is 0 Å². The molecule has 0 fully saturated rings. The summed E-state index contributed by atoms with van der Waals surface area (Å²) in [5, 5.41) is 1.07. The first-order chi connectivity index (χ1) is 9.13. The Hall–Kier alpha value is -0.550. The number of halogens is 2. The van der Waals surface area contributed by atoms with Gasteiger partial charge in [-0.3, -0.25) is 0 Å². The van der Waals surface area contributed by atoms with Gasteiger partial charge in [-0.05, 0) is 37.2 Å². The lowest BCUT2D eigenvalue weighted by Crippen LogP contribution is -2.03. The smallest absolute Gasteiger partial charge is 0.178 e. The van der Waals surface area contributed by atoms with Crippen molar-refractivity contribution in [2.45, 2.75) is 26.3 Å². The number of nitrogens with one attached hydrogen (secondary N) is 1. The molecule has 0 amide bonds. The van der Waals surface area contributed by atoms with Crippen LogP contribution in [0.3, 0.4) is 0 Å². The number of imidazole rings is 1. The molecule has 104 valence electrons. The van der Waals surface area contributed by atoms with Gasteiger partial charge in [0.25, 0.3) is 0 Å². The molecule has 0 aliphatic carbocycles. The van der Waals surface area contributed by atoms with Gasteiger partial charge < -0.3 is 14.3 Å². The van der Waals surface area contributed by atoms with E-state index in [-0.39, 0.29) is 0 Å². The highest BCUT2D eigenvalue weighted by molar-refractivity contribution is 7.71. The molecular weight excluding hydrogens is 303 g/mol. The number of aromatic nitrogens is 2. The molecule has 0 atom stereocenters. The summed E-state index contributed by atoms with van der Waals surface area (Å²) in [7, 11) is 0. The van der Waals surface area contributed by atoms with E-state index >= 15 is 0 Å². The molecule has 1 heterocycles. The normalized spacial score (nSPS) is 11.3. The van der Waals surface area contributed by atoms with Crippen molar-refractivity contribution in [2.24, 2.45) is 0 Å². The summed E-state index contributed by atoms with van der Waals surface area (Å²) in [5.41, 5.74) is 1.89. The number of H-pyrrole nitrogens is 1. The van der Waals surface area contributed by atoms with Gasteiger partial charge in [-0.25, -0.2) is 0 Å². The van der Waals surface area contributed by atoms with Crippen LogP contribution in [0.2, 0.25) is 10.0 Å². The van der Waals surface area contributed by atoms with Crippen molar-refractivity contribution in [1.29, 1.82) is 0 Å². The second kappa shape index (κ2) is 6.75. The average Bonchev–Trinajstić information content (AvgIpc) is 2.66. The van der Waals surface area contributed by atoms with Crippen LogP contribution in [0.25, 0.3) is 11.0 Å². The number of aromatic amines is 1. The molecule has 19 heavy (non-hydrogen) atoms. The van der Waals surface area contributed by atoms with Crippen LogP contribution in [0.4, 0.5) is 0 Å². The third-order valence-corrected chi connectivity index (χ3v) is 3.88. The minimum atomic E-state index is 0.531. The largest absolute Gasteiger partial charge is 0.381 e. The number of hydrogen-bond donors (Lipinski definition) is 1. The minimum Gasteiger partial charge on any atom is -0.381 e. The number of aryl methyl sites for hydroxylation is 1. The van der Waals surface area contributed by atoms with Crippen molar-refractivity contribution in [2.75, 3.05) is 13.2 Å². The molecule has 0 aliphatic heterocycles. The lowest BCUT2D eigenvalue weighted by atomic mass is 10.3. The minimum absolute atomic E-state index is 0.531. The van der Waals surface area contributed by atoms with Crippen molar-refractivity contribution in [3.05, 3.63) is 26.9 Å². The Morgan fingerprint density at radius 3 is 2.74 bits per heavy atom. The Morgan fingerprint density at radius 2 is 2.00 bits per heavy atom. The molecule has 0 bridgehead atoms. The van der Waals surface area contributed by atoms with Crippen LogP contribution < -0.4 is 0 Å². The standard InChI is InChI=1S/C13H16Cl2N2OS/c1-2-5-18-6-3-4-17-12-8-10(15)9(14)7-11(12)16-13(17)19/h7-8H,2-6H2,1H3,(H,16,19). The molecule has 0 saturated carbocycles. The predicted molar refractivity (Wildman–Crippen MR) is 82.9 cm³/mol. The average molecular weight is 319 g/mol. The quantitative estimate of drug-likeness (QED) is 0.611. The first-order valence-corrected chi connectivity index (χ1v) is 7.45. The van der Waals surface area contributed by atoms with Gasteiger partial charge in [0.05, 0.1) is 21.1 Å². The lowest BCUT2D eigenvalue weighted by molar-refractivity contribution is 0.129. The Kier molecular flexibility index (Phi) is 5.28. The van der Waals surface area contributed by atoms with Crippen molar-refractivity contribution < 1.29 is 4.74 Å². The van der Waals surface area contributed by atoms with Gasteiger partial charge in [0.2, 0.25) is 0 Å². The predicted octanol–water partition coefficient (Wildman–Crippen LogP) is 4.82. The maximum atomic E-state index is 6.05. The highest BCUT2D eigenvalue weighted by atomic mass is 35.5. The van der Waals surface area contributed by atoms with E-state index in [1.54, 1.807) is 6.07 Å². The van der Waals surface area contributed by atoms with Crippen molar-refractivity contribution in [1.82, 2.24) is 9.55 Å². The molecule has 6 heteroatoms. The third-order valence-electron chi connectivity index (χ3n) is 2.84. The van der Waals surface area contributed by atoms with E-state index in [2.05, 4.69) is 11.9 Å². The highest BCUT2D eigenvalue weighted by Crippen LogP contribution is 2.27. The molecular formula is C13H16Cl2N2OS. The summed E-state index contributed by atoms with van der Waals surface area (Å²) in [6.07, 6.45) is 1.96. The number of nitrogens with zero attached hydrogens (tertiary/aromatic N) is 1. The molecule has 2 aromatic rings. The molecule has 0 radical (unpaired) electrons. The molecule has 0 aliphatic rings. The number of ether oxygens (including phenoxy) is 1. The van der Waals surface area contributed by atoms with E-state index in [1.165, 1.54) is 0 Å². The molecule has 1 N–H and O–H groups in total. The zero-order valence-electron chi connectivity index (χ0n) is 10.7. The summed E-state index contributed by atoms with van der Waals surface area (Å²) in [6.45, 7) is 4.45. The first kappa shape index (κ1) is 14.9. The second-order valence-electron chi connectivity index (χ2n) is 4.33. The van der Waals surface area contributed by atoms with Crippen molar-refractivity contribution in [3.63, 3.8) is 0 Å². The Balaban J connectivity index is 2.16. The van der Waals surface area contributed by atoms with Gasteiger partial charge >= 0.3 is 0 Å². The van der Waals surface area contributed by atoms with Gasteiger partial charge in [-0.2, -0.15) is 0 Å². The topological polar surface area (TPSA) is 29.9 Å². The van der Waals surface area contributed by atoms with Crippen LogP contribution in [-0.2, 0) is 11.3 Å². The molecule has 1 aromatic carbocycles. The van der Waals surface area contributed by atoms with E-state index in [9.17, 15) is 0 Å². The second-order valence-corrected chi connectivity index (χ2v) is 5.53. The zero-order chi connectivity index (χ0) is 13.8. The fraction of sp³-hybridized carbons (Fsp3) is 0.462. The SMILES string of the molecule is CCCOCCCn1c(=S)[nH]c2cc(Cl)c(Cl)cc21. The fourth-order valence-corrected chi connectivity index (χ4v) is 2.57. The molecule has 2 rings (SSSR count). The summed E-state index contributed by atoms with van der Waals surface area (Å²) in [6, 6.07) is 3.65. The van der Waals surface area contributed by atoms with E-state index < -0.39 is 0 Å². The summed E-state index contributed by atoms with van der Waals surface area (Å²) in [4.78, 5) is 3.14.